The number of rotatable bonds is 13. The monoisotopic (exact) mass is 488 g/mol. The molecule has 1 N–H and O–H groups in total. The van der Waals surface area contributed by atoms with Crippen molar-refractivity contribution in [2.24, 2.45) is 0 Å². The Bertz CT molecular complexity index is 1210. The lowest BCUT2D eigenvalue weighted by Crippen LogP contribution is -2.47. The molecule has 0 aromatic heterocycles. The SMILES string of the molecule is CCOC[C@@H](OCC)[C@@H](OCC)[C@H](Cn1c2nc(=O)[nH]c(=O)c-2nc2cc(C)c(C)cc21)OCC. The lowest BCUT2D eigenvalue weighted by Gasteiger charge is -2.34. The van der Waals surface area contributed by atoms with Crippen molar-refractivity contribution in [3.05, 3.63) is 44.1 Å². The molecule has 0 aliphatic carbocycles. The second-order valence-electron chi connectivity index (χ2n) is 8.26. The van der Waals surface area contributed by atoms with Gasteiger partial charge in [0.05, 0.1) is 24.2 Å². The zero-order chi connectivity index (χ0) is 25.5. The van der Waals surface area contributed by atoms with Crippen molar-refractivity contribution in [1.29, 1.82) is 0 Å². The Hall–Kier alpha value is -2.66. The van der Waals surface area contributed by atoms with E-state index in [2.05, 4.69) is 15.0 Å². The van der Waals surface area contributed by atoms with Crippen LogP contribution in [0.4, 0.5) is 0 Å². The molecule has 3 atom stereocenters. The summed E-state index contributed by atoms with van der Waals surface area (Å²) in [5.41, 5.74) is 2.27. The molecule has 0 radical (unpaired) electrons. The summed E-state index contributed by atoms with van der Waals surface area (Å²) in [5, 5.41) is 0. The van der Waals surface area contributed by atoms with E-state index in [1.807, 2.05) is 58.2 Å². The summed E-state index contributed by atoms with van der Waals surface area (Å²) >= 11 is 0. The van der Waals surface area contributed by atoms with Crippen LogP contribution in [0.25, 0.3) is 22.6 Å². The number of ether oxygens (including phenoxy) is 4. The smallest absolute Gasteiger partial charge is 0.349 e. The maximum absolute atomic E-state index is 12.6. The summed E-state index contributed by atoms with van der Waals surface area (Å²) in [6.45, 7) is 14.2. The molecular formula is C25H36N4O6. The zero-order valence-electron chi connectivity index (χ0n) is 21.4. The number of fused-ring (bicyclic) bond motifs is 2. The first-order valence-corrected chi connectivity index (χ1v) is 12.2. The molecule has 10 nitrogen and oxygen atoms in total. The highest BCUT2D eigenvalue weighted by atomic mass is 16.6. The van der Waals surface area contributed by atoms with Crippen LogP contribution in [-0.2, 0) is 25.5 Å². The molecule has 0 amide bonds. The highest BCUT2D eigenvalue weighted by molar-refractivity contribution is 5.81. The van der Waals surface area contributed by atoms with E-state index in [1.54, 1.807) is 0 Å². The van der Waals surface area contributed by atoms with Crippen molar-refractivity contribution in [3.8, 4) is 11.5 Å². The fourth-order valence-electron chi connectivity index (χ4n) is 4.21. The third-order valence-corrected chi connectivity index (χ3v) is 5.93. The molecule has 0 spiro atoms. The number of aromatic nitrogens is 4. The van der Waals surface area contributed by atoms with E-state index in [9.17, 15) is 9.59 Å². The first kappa shape index (κ1) is 26.9. The third kappa shape index (κ3) is 6.13. The number of benzene rings is 1. The summed E-state index contributed by atoms with van der Waals surface area (Å²) in [7, 11) is 0. The Morgan fingerprint density at radius 1 is 0.886 bits per heavy atom. The summed E-state index contributed by atoms with van der Waals surface area (Å²) < 4.78 is 25.8. The molecule has 192 valence electrons. The van der Waals surface area contributed by atoms with E-state index in [4.69, 9.17) is 18.9 Å². The lowest BCUT2D eigenvalue weighted by molar-refractivity contribution is -0.154. The predicted octanol–water partition coefficient (Wildman–Crippen LogP) is 2.45. The first-order chi connectivity index (χ1) is 16.8. The Kier molecular flexibility index (Phi) is 9.50. The van der Waals surface area contributed by atoms with Gasteiger partial charge in [-0.25, -0.2) is 9.78 Å². The minimum absolute atomic E-state index is 0.0965. The average Bonchev–Trinajstić information content (AvgIpc) is 2.81. The van der Waals surface area contributed by atoms with Crippen molar-refractivity contribution in [2.45, 2.75) is 66.4 Å². The largest absolute Gasteiger partial charge is 0.379 e. The van der Waals surface area contributed by atoms with Gasteiger partial charge in [0.1, 0.15) is 18.3 Å². The molecule has 0 unspecified atom stereocenters. The van der Waals surface area contributed by atoms with Crippen LogP contribution >= 0.6 is 0 Å². The van der Waals surface area contributed by atoms with Gasteiger partial charge < -0.3 is 23.5 Å². The van der Waals surface area contributed by atoms with Crippen LogP contribution in [0.3, 0.4) is 0 Å². The number of H-pyrrole nitrogens is 1. The van der Waals surface area contributed by atoms with Gasteiger partial charge in [-0.05, 0) is 64.8 Å². The molecule has 0 saturated carbocycles. The number of aromatic amines is 1. The van der Waals surface area contributed by atoms with Crippen LogP contribution in [0.15, 0.2) is 21.7 Å². The van der Waals surface area contributed by atoms with Crippen molar-refractivity contribution in [1.82, 2.24) is 19.5 Å². The highest BCUT2D eigenvalue weighted by Crippen LogP contribution is 2.26. The van der Waals surface area contributed by atoms with Crippen molar-refractivity contribution in [2.75, 3.05) is 33.0 Å². The van der Waals surface area contributed by atoms with Crippen molar-refractivity contribution >= 4 is 11.0 Å². The molecule has 3 rings (SSSR count). The number of nitrogens with zero attached hydrogens (tertiary/aromatic N) is 3. The van der Waals surface area contributed by atoms with Crippen LogP contribution in [0, 0.1) is 13.8 Å². The second-order valence-corrected chi connectivity index (χ2v) is 8.26. The van der Waals surface area contributed by atoms with Gasteiger partial charge in [-0.2, -0.15) is 4.98 Å². The van der Waals surface area contributed by atoms with Gasteiger partial charge in [-0.1, -0.05) is 0 Å². The third-order valence-electron chi connectivity index (χ3n) is 5.93. The van der Waals surface area contributed by atoms with E-state index >= 15 is 0 Å². The molecule has 2 aliphatic rings. The molecule has 0 bridgehead atoms. The molecule has 0 saturated heterocycles. The number of aryl methyl sites for hydroxylation is 2. The lowest BCUT2D eigenvalue weighted by atomic mass is 10.1. The van der Waals surface area contributed by atoms with Crippen molar-refractivity contribution < 1.29 is 18.9 Å². The first-order valence-electron chi connectivity index (χ1n) is 12.2. The van der Waals surface area contributed by atoms with E-state index < -0.39 is 23.5 Å². The summed E-state index contributed by atoms with van der Waals surface area (Å²) in [6.07, 6.45) is -1.31. The molecule has 10 heteroatoms. The standard InChI is InChI=1S/C25H36N4O6/c1-7-32-14-20(34-9-3)22(35-10-4)19(33-8-2)13-29-18-12-16(6)15(5)11-17(18)26-21-23(29)27-25(31)28-24(21)30/h11-12,19-20,22H,7-10,13-14H2,1-6H3,(H,28,30,31)/t19-,20+,22-/m0/s1. The Labute approximate surface area is 204 Å². The summed E-state index contributed by atoms with van der Waals surface area (Å²) in [4.78, 5) is 35.7. The zero-order valence-corrected chi connectivity index (χ0v) is 21.4. The van der Waals surface area contributed by atoms with Gasteiger partial charge in [-0.3, -0.25) is 9.78 Å². The minimum Gasteiger partial charge on any atom is -0.379 e. The maximum Gasteiger partial charge on any atom is 0.349 e. The van der Waals surface area contributed by atoms with Crippen LogP contribution in [0.2, 0.25) is 0 Å². The van der Waals surface area contributed by atoms with Gasteiger partial charge >= 0.3 is 5.69 Å². The number of hydrogen-bond donors (Lipinski definition) is 1. The summed E-state index contributed by atoms with van der Waals surface area (Å²) in [5.74, 6) is 0.201. The minimum atomic E-state index is -0.723. The van der Waals surface area contributed by atoms with Gasteiger partial charge in [0.15, 0.2) is 11.5 Å². The number of hydrogen-bond acceptors (Lipinski definition) is 8. The van der Waals surface area contributed by atoms with Crippen LogP contribution in [0.1, 0.15) is 38.8 Å². The fourth-order valence-corrected chi connectivity index (χ4v) is 4.21. The molecule has 1 aromatic carbocycles. The molecule has 35 heavy (non-hydrogen) atoms. The predicted molar refractivity (Wildman–Crippen MR) is 133 cm³/mol. The molecule has 2 heterocycles. The van der Waals surface area contributed by atoms with Crippen LogP contribution in [0.5, 0.6) is 0 Å². The van der Waals surface area contributed by atoms with E-state index in [0.717, 1.165) is 16.6 Å². The second kappa shape index (κ2) is 12.3. The summed E-state index contributed by atoms with van der Waals surface area (Å²) in [6, 6.07) is 3.92. The van der Waals surface area contributed by atoms with Gasteiger partial charge in [0.2, 0.25) is 0 Å². The van der Waals surface area contributed by atoms with E-state index in [-0.39, 0.29) is 24.2 Å². The average molecular weight is 489 g/mol. The topological polar surface area (TPSA) is 118 Å². The Morgan fingerprint density at radius 3 is 2.20 bits per heavy atom. The van der Waals surface area contributed by atoms with Gasteiger partial charge in [0, 0.05) is 26.4 Å². The van der Waals surface area contributed by atoms with Gasteiger partial charge in [0.25, 0.3) is 5.56 Å². The van der Waals surface area contributed by atoms with Crippen LogP contribution < -0.4 is 11.2 Å². The number of nitrogens with one attached hydrogen (secondary N) is 1. The highest BCUT2D eigenvalue weighted by Gasteiger charge is 2.33. The van der Waals surface area contributed by atoms with Gasteiger partial charge in [-0.15, -0.1) is 0 Å². The molecule has 1 aromatic rings. The van der Waals surface area contributed by atoms with Crippen LogP contribution in [-0.4, -0.2) is 70.9 Å². The fraction of sp³-hybridized carbons (Fsp3) is 0.600. The Morgan fingerprint density at radius 2 is 1.54 bits per heavy atom. The molecule has 2 aliphatic heterocycles. The maximum atomic E-state index is 12.6. The molecule has 0 fully saturated rings. The quantitative estimate of drug-likeness (QED) is 0.365. The van der Waals surface area contributed by atoms with E-state index in [1.165, 1.54) is 0 Å². The van der Waals surface area contributed by atoms with E-state index in [0.29, 0.717) is 38.6 Å². The van der Waals surface area contributed by atoms with Crippen molar-refractivity contribution in [3.63, 3.8) is 0 Å². The normalized spacial score (nSPS) is 14.5. The Balaban J connectivity index is 2.20. The molecular weight excluding hydrogens is 452 g/mol.